The van der Waals surface area contributed by atoms with Crippen molar-refractivity contribution in [2.75, 3.05) is 33.4 Å². The Hall–Kier alpha value is -0.360. The molecule has 0 spiro atoms. The number of carbonyl (C=O) groups is 1. The molecule has 0 aromatic heterocycles. The van der Waals surface area contributed by atoms with Gasteiger partial charge in [-0.25, -0.2) is 0 Å². The molecule has 0 aromatic rings. The fourth-order valence-electron chi connectivity index (χ4n) is 1.89. The Morgan fingerprint density at radius 3 is 2.82 bits per heavy atom. The van der Waals surface area contributed by atoms with Gasteiger partial charge in [0.1, 0.15) is 6.04 Å². The van der Waals surface area contributed by atoms with E-state index < -0.39 is 6.04 Å². The Labute approximate surface area is 109 Å². The monoisotopic (exact) mass is 266 g/mol. The maximum atomic E-state index is 11.9. The van der Waals surface area contributed by atoms with Crippen LogP contribution in [0.2, 0.25) is 0 Å². The molecule has 2 unspecified atom stereocenters. The van der Waals surface area contributed by atoms with Crippen LogP contribution >= 0.6 is 12.4 Å². The first-order valence-electron chi connectivity index (χ1n) is 5.84. The summed E-state index contributed by atoms with van der Waals surface area (Å²) in [5.41, 5.74) is 5.72. The zero-order valence-electron chi connectivity index (χ0n) is 10.6. The number of carbonyl (C=O) groups excluding carboxylic acids is 1. The van der Waals surface area contributed by atoms with Gasteiger partial charge in [-0.05, 0) is 19.8 Å². The zero-order valence-corrected chi connectivity index (χ0v) is 11.4. The Morgan fingerprint density at radius 2 is 2.35 bits per heavy atom. The third kappa shape index (κ3) is 5.21. The molecule has 1 rings (SSSR count). The molecule has 102 valence electrons. The predicted octanol–water partition coefficient (Wildman–Crippen LogP) is 0.409. The molecule has 1 heterocycles. The minimum absolute atomic E-state index is 0. The molecular formula is C11H23ClN2O3. The highest BCUT2D eigenvalue weighted by molar-refractivity contribution is 5.85. The number of hydrogen-bond acceptors (Lipinski definition) is 4. The maximum absolute atomic E-state index is 11.9. The highest BCUT2D eigenvalue weighted by Gasteiger charge is 2.24. The van der Waals surface area contributed by atoms with Gasteiger partial charge in [0, 0.05) is 26.8 Å². The van der Waals surface area contributed by atoms with Crippen LogP contribution in [0.4, 0.5) is 0 Å². The van der Waals surface area contributed by atoms with Crippen LogP contribution < -0.4 is 5.73 Å². The van der Waals surface area contributed by atoms with Crippen LogP contribution in [0.25, 0.3) is 0 Å². The van der Waals surface area contributed by atoms with Crippen molar-refractivity contribution in [2.45, 2.75) is 31.9 Å². The molecular weight excluding hydrogens is 244 g/mol. The van der Waals surface area contributed by atoms with E-state index >= 15 is 0 Å². The second-order valence-electron chi connectivity index (χ2n) is 4.07. The number of halogens is 1. The number of ether oxygens (including phenoxy) is 2. The maximum Gasteiger partial charge on any atom is 0.241 e. The highest BCUT2D eigenvalue weighted by atomic mass is 35.5. The Morgan fingerprint density at radius 1 is 1.65 bits per heavy atom. The lowest BCUT2D eigenvalue weighted by Gasteiger charge is -2.26. The molecule has 1 fully saturated rings. The molecule has 0 bridgehead atoms. The summed E-state index contributed by atoms with van der Waals surface area (Å²) in [6.45, 7) is 4.33. The molecule has 1 aliphatic heterocycles. The summed E-state index contributed by atoms with van der Waals surface area (Å²) in [6, 6.07) is -0.564. The summed E-state index contributed by atoms with van der Waals surface area (Å²) in [5, 5.41) is 0. The van der Waals surface area contributed by atoms with E-state index in [0.29, 0.717) is 13.1 Å². The second kappa shape index (κ2) is 8.69. The Kier molecular flexibility index (Phi) is 8.51. The lowest BCUT2D eigenvalue weighted by molar-refractivity contribution is -0.135. The van der Waals surface area contributed by atoms with Crippen molar-refractivity contribution in [3.05, 3.63) is 0 Å². The standard InChI is InChI=1S/C11H22N2O3.ClH/c1-3-13(7-9-5-4-6-16-9)11(14)10(12)8-15-2;/h9-10H,3-8,12H2,1-2H3;1H. The van der Waals surface area contributed by atoms with Crippen molar-refractivity contribution in [1.29, 1.82) is 0 Å². The fourth-order valence-corrected chi connectivity index (χ4v) is 1.89. The number of hydrogen-bond donors (Lipinski definition) is 1. The molecule has 1 aliphatic rings. The van der Waals surface area contributed by atoms with E-state index in [9.17, 15) is 4.79 Å². The highest BCUT2D eigenvalue weighted by Crippen LogP contribution is 2.13. The molecule has 0 aromatic carbocycles. The van der Waals surface area contributed by atoms with E-state index in [-0.39, 0.29) is 31.0 Å². The van der Waals surface area contributed by atoms with Gasteiger partial charge in [0.2, 0.25) is 5.91 Å². The number of likely N-dealkylation sites (N-methyl/N-ethyl adjacent to an activating group) is 1. The van der Waals surface area contributed by atoms with E-state index in [1.807, 2.05) is 6.92 Å². The normalized spacial score (nSPS) is 20.8. The Bertz CT molecular complexity index is 223. The first-order chi connectivity index (χ1) is 7.69. The third-order valence-electron chi connectivity index (χ3n) is 2.80. The number of methoxy groups -OCH3 is 1. The molecule has 5 nitrogen and oxygen atoms in total. The van der Waals surface area contributed by atoms with Gasteiger partial charge in [-0.3, -0.25) is 4.79 Å². The largest absolute Gasteiger partial charge is 0.383 e. The van der Waals surface area contributed by atoms with Crippen LogP contribution in [0.5, 0.6) is 0 Å². The summed E-state index contributed by atoms with van der Waals surface area (Å²) in [6.07, 6.45) is 2.29. The lowest BCUT2D eigenvalue weighted by atomic mass is 10.2. The summed E-state index contributed by atoms with van der Waals surface area (Å²) in [7, 11) is 1.55. The van der Waals surface area contributed by atoms with Crippen molar-refractivity contribution in [3.8, 4) is 0 Å². The van der Waals surface area contributed by atoms with Crippen LogP contribution in [-0.4, -0.2) is 56.4 Å². The van der Waals surface area contributed by atoms with E-state index in [0.717, 1.165) is 19.4 Å². The first kappa shape index (κ1) is 16.6. The van der Waals surface area contributed by atoms with E-state index in [4.69, 9.17) is 15.2 Å². The van der Waals surface area contributed by atoms with Gasteiger partial charge in [-0.2, -0.15) is 0 Å². The minimum Gasteiger partial charge on any atom is -0.383 e. The molecule has 0 radical (unpaired) electrons. The molecule has 2 N–H and O–H groups in total. The van der Waals surface area contributed by atoms with Gasteiger partial charge in [0.15, 0.2) is 0 Å². The van der Waals surface area contributed by atoms with E-state index in [2.05, 4.69) is 0 Å². The number of nitrogens with zero attached hydrogens (tertiary/aromatic N) is 1. The molecule has 6 heteroatoms. The minimum atomic E-state index is -0.564. The van der Waals surface area contributed by atoms with Gasteiger partial charge >= 0.3 is 0 Å². The van der Waals surface area contributed by atoms with Gasteiger partial charge in [-0.1, -0.05) is 0 Å². The molecule has 0 aliphatic carbocycles. The van der Waals surface area contributed by atoms with Crippen molar-refractivity contribution >= 4 is 18.3 Å². The quantitative estimate of drug-likeness (QED) is 0.756. The van der Waals surface area contributed by atoms with E-state index in [1.54, 1.807) is 12.0 Å². The zero-order chi connectivity index (χ0) is 12.0. The van der Waals surface area contributed by atoms with Crippen molar-refractivity contribution in [2.24, 2.45) is 5.73 Å². The topological polar surface area (TPSA) is 64.8 Å². The average Bonchev–Trinajstić information content (AvgIpc) is 2.78. The SMILES string of the molecule is CCN(CC1CCCO1)C(=O)C(N)COC.Cl. The third-order valence-corrected chi connectivity index (χ3v) is 2.80. The van der Waals surface area contributed by atoms with Gasteiger partial charge in [0.05, 0.1) is 12.7 Å². The van der Waals surface area contributed by atoms with Crippen molar-refractivity contribution < 1.29 is 14.3 Å². The van der Waals surface area contributed by atoms with Crippen LogP contribution in [-0.2, 0) is 14.3 Å². The average molecular weight is 267 g/mol. The molecule has 2 atom stereocenters. The van der Waals surface area contributed by atoms with E-state index in [1.165, 1.54) is 0 Å². The van der Waals surface area contributed by atoms with Crippen molar-refractivity contribution in [1.82, 2.24) is 4.90 Å². The predicted molar refractivity (Wildman–Crippen MR) is 68.3 cm³/mol. The van der Waals surface area contributed by atoms with Crippen LogP contribution in [0, 0.1) is 0 Å². The number of nitrogens with two attached hydrogens (primary N) is 1. The van der Waals surface area contributed by atoms with Crippen LogP contribution in [0.15, 0.2) is 0 Å². The van der Waals surface area contributed by atoms with Gasteiger partial charge < -0.3 is 20.1 Å². The summed E-state index contributed by atoms with van der Waals surface area (Å²) >= 11 is 0. The summed E-state index contributed by atoms with van der Waals surface area (Å²) in [5.74, 6) is -0.0557. The Balaban J connectivity index is 0.00000256. The molecule has 0 saturated carbocycles. The molecule has 17 heavy (non-hydrogen) atoms. The fraction of sp³-hybridized carbons (Fsp3) is 0.909. The number of rotatable bonds is 6. The number of amides is 1. The van der Waals surface area contributed by atoms with Crippen LogP contribution in [0.1, 0.15) is 19.8 Å². The first-order valence-corrected chi connectivity index (χ1v) is 5.84. The van der Waals surface area contributed by atoms with Crippen LogP contribution in [0.3, 0.4) is 0 Å². The van der Waals surface area contributed by atoms with Gasteiger partial charge in [0.25, 0.3) is 0 Å². The second-order valence-corrected chi connectivity index (χ2v) is 4.07. The smallest absolute Gasteiger partial charge is 0.241 e. The molecule has 1 amide bonds. The van der Waals surface area contributed by atoms with Crippen molar-refractivity contribution in [3.63, 3.8) is 0 Å². The lowest BCUT2D eigenvalue weighted by Crippen LogP contribution is -2.48. The summed E-state index contributed by atoms with van der Waals surface area (Å²) < 4.78 is 10.4. The molecule has 1 saturated heterocycles. The summed E-state index contributed by atoms with van der Waals surface area (Å²) in [4.78, 5) is 13.7. The van der Waals surface area contributed by atoms with Gasteiger partial charge in [-0.15, -0.1) is 12.4 Å².